The fraction of sp³-hybridized carbons (Fsp3) is 0.267. The summed E-state index contributed by atoms with van der Waals surface area (Å²) in [6.45, 7) is 3.04. The number of nitrogens with one attached hydrogen (secondary N) is 2. The van der Waals surface area contributed by atoms with E-state index in [4.69, 9.17) is 26.1 Å². The molecule has 1 saturated heterocycles. The SMILES string of the molecule is CC(C)(O/N=C(\C(=O)N[C@@H]1C(=O)N2C(C(=O)[O-])=C(C[n+]3ccc4c(ccn4Cc4cc(C(=N)N)co4)c3)CS[C@H]12)c1csc(N)n1)C(=O)O. The number of fused-ring (bicyclic) bond motifs is 2. The molecule has 0 aromatic carbocycles. The van der Waals surface area contributed by atoms with Crippen molar-refractivity contribution in [3.8, 4) is 0 Å². The third-order valence-corrected chi connectivity index (χ3v) is 9.83. The summed E-state index contributed by atoms with van der Waals surface area (Å²) in [6.07, 6.45) is 6.95. The molecule has 2 aliphatic heterocycles. The molecule has 4 aromatic rings. The minimum atomic E-state index is -1.78. The molecule has 0 unspecified atom stereocenters. The summed E-state index contributed by atoms with van der Waals surface area (Å²) in [5.74, 6) is -3.66. The summed E-state index contributed by atoms with van der Waals surface area (Å²) in [5.41, 5.74) is 10.6. The van der Waals surface area contributed by atoms with Gasteiger partial charge >= 0.3 is 5.97 Å². The van der Waals surface area contributed by atoms with Gasteiger partial charge in [0.25, 0.3) is 11.8 Å². The zero-order valence-corrected chi connectivity index (χ0v) is 27.5. The first-order chi connectivity index (χ1) is 23.2. The summed E-state index contributed by atoms with van der Waals surface area (Å²) < 4.78 is 9.28. The number of carbonyl (C=O) groups is 4. The Balaban J connectivity index is 1.18. The Morgan fingerprint density at radius 2 is 2.12 bits per heavy atom. The second-order valence-corrected chi connectivity index (χ2v) is 13.6. The van der Waals surface area contributed by atoms with Gasteiger partial charge in [-0.05, 0) is 26.0 Å². The smallest absolute Gasteiger partial charge is 0.350 e. The Labute approximate surface area is 285 Å². The molecule has 4 aromatic heterocycles. The fourth-order valence-corrected chi connectivity index (χ4v) is 7.11. The summed E-state index contributed by atoms with van der Waals surface area (Å²) in [7, 11) is 0. The fourth-order valence-electron chi connectivity index (χ4n) is 5.22. The molecule has 2 aliphatic rings. The maximum Gasteiger partial charge on any atom is 0.350 e. The van der Waals surface area contributed by atoms with E-state index in [2.05, 4.69) is 15.5 Å². The molecule has 6 heterocycles. The number of hydrogen-bond acceptors (Lipinski definition) is 13. The average Bonchev–Trinajstić information content (AvgIpc) is 3.80. The number of hydrogen-bond donors (Lipinski definition) is 5. The van der Waals surface area contributed by atoms with Gasteiger partial charge in [0.2, 0.25) is 5.60 Å². The third kappa shape index (κ3) is 6.44. The summed E-state index contributed by atoms with van der Waals surface area (Å²) in [4.78, 5) is 60.8. The highest BCUT2D eigenvalue weighted by molar-refractivity contribution is 8.00. The number of furan rings is 1. The number of carboxylic acids is 2. The van der Waals surface area contributed by atoms with E-state index in [1.54, 1.807) is 16.8 Å². The molecule has 1 fully saturated rings. The highest BCUT2D eigenvalue weighted by atomic mass is 32.2. The molecular weight excluding hydrogens is 679 g/mol. The van der Waals surface area contributed by atoms with Crippen molar-refractivity contribution >= 4 is 74.4 Å². The molecular formula is C30H29N9O8S2. The van der Waals surface area contributed by atoms with E-state index in [1.165, 1.54) is 37.3 Å². The zero-order valence-electron chi connectivity index (χ0n) is 25.9. The minimum absolute atomic E-state index is 0.00569. The molecule has 49 heavy (non-hydrogen) atoms. The Morgan fingerprint density at radius 3 is 2.78 bits per heavy atom. The van der Waals surface area contributed by atoms with Crippen molar-refractivity contribution in [3.63, 3.8) is 0 Å². The van der Waals surface area contributed by atoms with Crippen LogP contribution in [0.3, 0.4) is 0 Å². The van der Waals surface area contributed by atoms with Crippen LogP contribution in [0.1, 0.15) is 30.9 Å². The molecule has 19 heteroatoms. The number of amidine groups is 1. The van der Waals surface area contributed by atoms with Crippen LogP contribution in [0.2, 0.25) is 0 Å². The monoisotopic (exact) mass is 707 g/mol. The minimum Gasteiger partial charge on any atom is -0.543 e. The lowest BCUT2D eigenvalue weighted by Crippen LogP contribution is -2.71. The number of carboxylic acid groups (broad SMARTS) is 2. The van der Waals surface area contributed by atoms with Gasteiger partial charge in [-0.3, -0.25) is 19.9 Å². The van der Waals surface area contributed by atoms with Crippen molar-refractivity contribution < 1.29 is 43.2 Å². The Bertz CT molecular complexity index is 2100. The number of thioether (sulfide) groups is 1. The van der Waals surface area contributed by atoms with E-state index in [-0.39, 0.29) is 34.7 Å². The lowest BCUT2D eigenvalue weighted by molar-refractivity contribution is -0.687. The normalized spacial score (nSPS) is 17.9. The highest BCUT2D eigenvalue weighted by Gasteiger charge is 2.53. The number of amides is 2. The van der Waals surface area contributed by atoms with Crippen LogP contribution in [0.5, 0.6) is 0 Å². The van der Waals surface area contributed by atoms with Gasteiger partial charge in [0.05, 0.1) is 34.7 Å². The number of anilines is 1. The molecule has 0 aliphatic carbocycles. The number of nitrogens with two attached hydrogens (primary N) is 2. The van der Waals surface area contributed by atoms with Crippen LogP contribution in [0.15, 0.2) is 69.3 Å². The second kappa shape index (κ2) is 12.7. The maximum atomic E-state index is 13.3. The molecule has 254 valence electrons. The quantitative estimate of drug-likeness (QED) is 0.0414. The van der Waals surface area contributed by atoms with Crippen LogP contribution in [0.25, 0.3) is 10.9 Å². The Kier molecular flexibility index (Phi) is 8.63. The number of aliphatic carboxylic acids is 2. The molecule has 0 saturated carbocycles. The van der Waals surface area contributed by atoms with Crippen molar-refractivity contribution in [2.75, 3.05) is 11.5 Å². The van der Waals surface area contributed by atoms with E-state index in [1.807, 2.05) is 29.1 Å². The van der Waals surface area contributed by atoms with Crippen LogP contribution in [0.4, 0.5) is 5.13 Å². The van der Waals surface area contributed by atoms with Crippen LogP contribution in [-0.4, -0.2) is 77.6 Å². The molecule has 0 spiro atoms. The van der Waals surface area contributed by atoms with E-state index in [0.29, 0.717) is 23.4 Å². The van der Waals surface area contributed by atoms with Gasteiger partial charge in [0, 0.05) is 29.0 Å². The first kappa shape index (κ1) is 33.2. The number of β-lactam (4-membered cyclic amide) rings is 1. The van der Waals surface area contributed by atoms with Gasteiger partial charge in [-0.2, -0.15) is 0 Å². The summed E-state index contributed by atoms with van der Waals surface area (Å²) in [6, 6.07) is 4.36. The van der Waals surface area contributed by atoms with Crippen LogP contribution < -0.4 is 26.5 Å². The van der Waals surface area contributed by atoms with Gasteiger partial charge in [-0.1, -0.05) is 5.16 Å². The van der Waals surface area contributed by atoms with Gasteiger partial charge in [0.15, 0.2) is 29.8 Å². The van der Waals surface area contributed by atoms with Crippen LogP contribution in [0, 0.1) is 5.41 Å². The van der Waals surface area contributed by atoms with Crippen LogP contribution in [-0.2, 0) is 37.1 Å². The largest absolute Gasteiger partial charge is 0.543 e. The van der Waals surface area contributed by atoms with Crippen molar-refractivity contribution in [2.24, 2.45) is 10.9 Å². The van der Waals surface area contributed by atoms with Crippen molar-refractivity contribution in [1.82, 2.24) is 19.8 Å². The molecule has 17 nitrogen and oxygen atoms in total. The molecule has 2 atom stereocenters. The predicted octanol–water partition coefficient (Wildman–Crippen LogP) is -0.419. The Hall–Kier alpha value is -5.69. The topological polar surface area (TPSA) is 259 Å². The number of carbonyl (C=O) groups excluding carboxylic acids is 3. The maximum absolute atomic E-state index is 13.3. The van der Waals surface area contributed by atoms with Crippen molar-refractivity contribution in [2.45, 2.75) is 44.0 Å². The highest BCUT2D eigenvalue weighted by Crippen LogP contribution is 2.40. The zero-order chi connectivity index (χ0) is 35.2. The van der Waals surface area contributed by atoms with Crippen molar-refractivity contribution in [1.29, 1.82) is 5.41 Å². The number of aromatic nitrogens is 3. The van der Waals surface area contributed by atoms with E-state index >= 15 is 0 Å². The lowest BCUT2D eigenvalue weighted by Gasteiger charge is -2.50. The second-order valence-electron chi connectivity index (χ2n) is 11.6. The Morgan fingerprint density at radius 1 is 1.35 bits per heavy atom. The average molecular weight is 708 g/mol. The van der Waals surface area contributed by atoms with E-state index in [0.717, 1.165) is 27.1 Å². The number of thiazole rings is 1. The standard InChI is InChI=1S/C30H29N9O8S2/c1-30(2,28(44)45)47-36-20(18-13-49-29(33)34-18)24(40)35-21-25(41)39-22(27(42)43)16(12-48-26(21)39)9-37-5-4-19-14(8-37)3-6-38(19)10-17-7-15(11-46-17)23(31)32/h3-8,11,13,21,26H,9-10,12H2,1-2H3,(H7-,31,32,33,34,35,40,42,43,44,45)/b36-20-/t21-,26-/m1/s1. The van der Waals surface area contributed by atoms with Gasteiger partial charge < -0.3 is 45.6 Å². The number of rotatable bonds is 12. The molecule has 2 amide bonds. The number of nitrogen functional groups attached to an aromatic ring is 2. The number of oxime groups is 1. The van der Waals surface area contributed by atoms with Crippen LogP contribution >= 0.6 is 23.1 Å². The van der Waals surface area contributed by atoms with Gasteiger partial charge in [0.1, 0.15) is 35.0 Å². The summed E-state index contributed by atoms with van der Waals surface area (Å²) in [5, 5.41) is 37.3. The summed E-state index contributed by atoms with van der Waals surface area (Å²) >= 11 is 2.28. The number of pyridine rings is 1. The number of nitrogens with zero attached hydrogens (tertiary/aromatic N) is 5. The first-order valence-corrected chi connectivity index (χ1v) is 16.5. The van der Waals surface area contributed by atoms with E-state index in [9.17, 15) is 29.4 Å². The third-order valence-electron chi connectivity index (χ3n) is 7.82. The predicted molar refractivity (Wildman–Crippen MR) is 174 cm³/mol. The van der Waals surface area contributed by atoms with Gasteiger partial charge in [-0.15, -0.1) is 23.1 Å². The lowest BCUT2D eigenvalue weighted by atomic mass is 10.0. The molecule has 7 N–H and O–H groups in total. The molecule has 6 rings (SSSR count). The molecule has 0 radical (unpaired) electrons. The van der Waals surface area contributed by atoms with E-state index < -0.39 is 46.5 Å². The van der Waals surface area contributed by atoms with Gasteiger partial charge in [-0.25, -0.2) is 14.3 Å². The first-order valence-electron chi connectivity index (χ1n) is 14.5. The van der Waals surface area contributed by atoms with Crippen molar-refractivity contribution in [3.05, 3.63) is 76.7 Å². The molecule has 0 bridgehead atoms.